The van der Waals surface area contributed by atoms with Gasteiger partial charge in [-0.3, -0.25) is 4.57 Å². The smallest absolute Gasteiger partial charge is 0.215 e. The Balaban J connectivity index is 1.85. The number of nitrogens with two attached hydrogens (primary N) is 1. The number of pyridine rings is 1. The van der Waals surface area contributed by atoms with Crippen molar-refractivity contribution in [3.63, 3.8) is 0 Å². The molecular weight excluding hydrogens is 368 g/mol. The average molecular weight is 386 g/mol. The van der Waals surface area contributed by atoms with E-state index in [1.807, 2.05) is 54.0 Å². The molecule has 0 radical (unpaired) electrons. The molecule has 1 aromatic carbocycles. The number of nitrogen functional groups attached to an aromatic ring is 1. The van der Waals surface area contributed by atoms with Crippen molar-refractivity contribution in [3.8, 4) is 17.6 Å². The number of benzene rings is 1. The Morgan fingerprint density at radius 3 is 2.66 bits per heavy atom. The molecule has 1 atom stereocenters. The van der Waals surface area contributed by atoms with Gasteiger partial charge in [0, 0.05) is 11.8 Å². The molecule has 3 aromatic heterocycles. The Morgan fingerprint density at radius 1 is 1.14 bits per heavy atom. The SMILES string of the molecule is COc1ccc2nc([C@H](C)Nc3ncnc(N)c3C#N)n(-c3ccccc3)c2n1. The van der Waals surface area contributed by atoms with Gasteiger partial charge in [0.2, 0.25) is 5.88 Å². The average Bonchev–Trinajstić information content (AvgIpc) is 3.13. The topological polar surface area (TPSA) is 128 Å². The maximum atomic E-state index is 9.39. The quantitative estimate of drug-likeness (QED) is 0.536. The summed E-state index contributed by atoms with van der Waals surface area (Å²) in [5.41, 5.74) is 8.29. The maximum absolute atomic E-state index is 9.39. The number of rotatable bonds is 5. The van der Waals surface area contributed by atoms with E-state index in [-0.39, 0.29) is 17.4 Å². The lowest BCUT2D eigenvalue weighted by Crippen LogP contribution is -2.15. The number of anilines is 2. The third kappa shape index (κ3) is 3.27. The highest BCUT2D eigenvalue weighted by molar-refractivity contribution is 5.75. The molecule has 0 aliphatic rings. The van der Waals surface area contributed by atoms with Crippen molar-refractivity contribution in [1.29, 1.82) is 5.26 Å². The molecule has 0 bridgehead atoms. The van der Waals surface area contributed by atoms with Crippen LogP contribution in [0.4, 0.5) is 11.6 Å². The van der Waals surface area contributed by atoms with E-state index in [1.54, 1.807) is 13.2 Å². The second-order valence-corrected chi connectivity index (χ2v) is 6.30. The summed E-state index contributed by atoms with van der Waals surface area (Å²) in [5, 5.41) is 12.6. The Kier molecular flexibility index (Phi) is 4.66. The summed E-state index contributed by atoms with van der Waals surface area (Å²) in [4.78, 5) is 17.4. The lowest BCUT2D eigenvalue weighted by atomic mass is 10.2. The van der Waals surface area contributed by atoms with Gasteiger partial charge in [0.1, 0.15) is 40.9 Å². The molecule has 0 aliphatic heterocycles. The van der Waals surface area contributed by atoms with E-state index in [1.165, 1.54) is 6.33 Å². The maximum Gasteiger partial charge on any atom is 0.215 e. The summed E-state index contributed by atoms with van der Waals surface area (Å²) in [5.74, 6) is 1.68. The van der Waals surface area contributed by atoms with Gasteiger partial charge in [0.25, 0.3) is 0 Å². The van der Waals surface area contributed by atoms with Gasteiger partial charge in [-0.05, 0) is 25.1 Å². The number of nitrogens with one attached hydrogen (secondary N) is 1. The third-order valence-corrected chi connectivity index (χ3v) is 4.46. The van der Waals surface area contributed by atoms with Gasteiger partial charge in [0.15, 0.2) is 5.65 Å². The van der Waals surface area contributed by atoms with Crippen LogP contribution in [0.15, 0.2) is 48.8 Å². The van der Waals surface area contributed by atoms with E-state index in [0.29, 0.717) is 23.2 Å². The summed E-state index contributed by atoms with van der Waals surface area (Å²) in [7, 11) is 1.57. The molecule has 0 unspecified atom stereocenters. The van der Waals surface area contributed by atoms with Gasteiger partial charge in [0.05, 0.1) is 13.2 Å². The predicted octanol–water partition coefficient (Wildman–Crippen LogP) is 2.85. The normalized spacial score (nSPS) is 11.8. The highest BCUT2D eigenvalue weighted by Gasteiger charge is 2.21. The van der Waals surface area contributed by atoms with E-state index >= 15 is 0 Å². The van der Waals surface area contributed by atoms with Crippen LogP contribution in [0.25, 0.3) is 16.9 Å². The predicted molar refractivity (Wildman–Crippen MR) is 109 cm³/mol. The molecule has 144 valence electrons. The lowest BCUT2D eigenvalue weighted by Gasteiger charge is -2.17. The van der Waals surface area contributed by atoms with E-state index in [0.717, 1.165) is 11.2 Å². The molecule has 0 saturated heterocycles. The number of aromatic nitrogens is 5. The largest absolute Gasteiger partial charge is 0.481 e. The zero-order chi connectivity index (χ0) is 20.4. The number of imidazole rings is 1. The first kappa shape index (κ1) is 18.2. The zero-order valence-corrected chi connectivity index (χ0v) is 15.9. The fraction of sp³-hybridized carbons (Fsp3) is 0.150. The monoisotopic (exact) mass is 386 g/mol. The van der Waals surface area contributed by atoms with Crippen LogP contribution in [0.1, 0.15) is 24.4 Å². The summed E-state index contributed by atoms with van der Waals surface area (Å²) >= 11 is 0. The second-order valence-electron chi connectivity index (χ2n) is 6.30. The molecule has 0 amide bonds. The van der Waals surface area contributed by atoms with Crippen molar-refractivity contribution in [2.45, 2.75) is 13.0 Å². The molecule has 0 saturated carbocycles. The van der Waals surface area contributed by atoms with Crippen molar-refractivity contribution >= 4 is 22.8 Å². The van der Waals surface area contributed by atoms with Crippen LogP contribution in [0, 0.1) is 11.3 Å². The van der Waals surface area contributed by atoms with Crippen LogP contribution >= 0.6 is 0 Å². The molecule has 29 heavy (non-hydrogen) atoms. The van der Waals surface area contributed by atoms with Gasteiger partial charge in [-0.15, -0.1) is 0 Å². The van der Waals surface area contributed by atoms with E-state index in [9.17, 15) is 5.26 Å². The lowest BCUT2D eigenvalue weighted by molar-refractivity contribution is 0.399. The number of nitriles is 1. The Labute approximate surface area is 166 Å². The Morgan fingerprint density at radius 2 is 1.93 bits per heavy atom. The first-order chi connectivity index (χ1) is 14.1. The fourth-order valence-electron chi connectivity index (χ4n) is 3.08. The van der Waals surface area contributed by atoms with Gasteiger partial charge in [-0.2, -0.15) is 10.2 Å². The van der Waals surface area contributed by atoms with E-state index in [4.69, 9.17) is 15.5 Å². The number of hydrogen-bond acceptors (Lipinski definition) is 8. The Bertz CT molecular complexity index is 1210. The van der Waals surface area contributed by atoms with Crippen molar-refractivity contribution < 1.29 is 4.74 Å². The van der Waals surface area contributed by atoms with E-state index in [2.05, 4.69) is 20.3 Å². The van der Waals surface area contributed by atoms with Crippen LogP contribution in [0.5, 0.6) is 5.88 Å². The number of ether oxygens (including phenoxy) is 1. The first-order valence-corrected chi connectivity index (χ1v) is 8.88. The van der Waals surface area contributed by atoms with Gasteiger partial charge >= 0.3 is 0 Å². The standard InChI is InChI=1S/C20H18N8O/c1-12(25-18-14(10-21)17(22)23-11-24-18)19-26-15-8-9-16(29-2)27-20(15)28(19)13-6-4-3-5-7-13/h3-9,11-12H,1-2H3,(H3,22,23,24,25)/t12-/m0/s1. The van der Waals surface area contributed by atoms with Crippen LogP contribution in [0.3, 0.4) is 0 Å². The molecular formula is C20H18N8O. The molecule has 0 spiro atoms. The van der Waals surface area contributed by atoms with Gasteiger partial charge < -0.3 is 15.8 Å². The summed E-state index contributed by atoms with van der Waals surface area (Å²) in [6, 6.07) is 15.1. The molecule has 4 aromatic rings. The van der Waals surface area contributed by atoms with Crippen molar-refractivity contribution in [1.82, 2.24) is 24.5 Å². The highest BCUT2D eigenvalue weighted by atomic mass is 16.5. The minimum absolute atomic E-state index is 0.125. The van der Waals surface area contributed by atoms with Crippen molar-refractivity contribution in [3.05, 3.63) is 60.2 Å². The number of fused-ring (bicyclic) bond motifs is 1. The molecule has 9 nitrogen and oxygen atoms in total. The summed E-state index contributed by atoms with van der Waals surface area (Å²) < 4.78 is 7.24. The van der Waals surface area contributed by atoms with Crippen molar-refractivity contribution in [2.24, 2.45) is 0 Å². The summed E-state index contributed by atoms with van der Waals surface area (Å²) in [6.07, 6.45) is 1.32. The molecule has 3 heterocycles. The molecule has 0 aliphatic carbocycles. The van der Waals surface area contributed by atoms with Crippen LogP contribution in [0.2, 0.25) is 0 Å². The fourth-order valence-corrected chi connectivity index (χ4v) is 3.08. The number of nitrogens with zero attached hydrogens (tertiary/aromatic N) is 6. The van der Waals surface area contributed by atoms with Crippen LogP contribution in [-0.4, -0.2) is 31.6 Å². The summed E-state index contributed by atoms with van der Waals surface area (Å²) in [6.45, 7) is 1.93. The highest BCUT2D eigenvalue weighted by Crippen LogP contribution is 2.28. The molecule has 4 rings (SSSR count). The van der Waals surface area contributed by atoms with Gasteiger partial charge in [-0.1, -0.05) is 18.2 Å². The number of methoxy groups -OCH3 is 1. The zero-order valence-electron chi connectivity index (χ0n) is 15.9. The third-order valence-electron chi connectivity index (χ3n) is 4.46. The van der Waals surface area contributed by atoms with Crippen LogP contribution < -0.4 is 15.8 Å². The molecule has 3 N–H and O–H groups in total. The molecule has 9 heteroatoms. The minimum Gasteiger partial charge on any atom is -0.481 e. The van der Waals surface area contributed by atoms with Crippen LogP contribution in [-0.2, 0) is 0 Å². The number of para-hydroxylation sites is 1. The first-order valence-electron chi connectivity index (χ1n) is 8.88. The van der Waals surface area contributed by atoms with Gasteiger partial charge in [-0.25, -0.2) is 15.0 Å². The van der Waals surface area contributed by atoms with E-state index < -0.39 is 0 Å². The molecule has 0 fully saturated rings. The minimum atomic E-state index is -0.309. The number of hydrogen-bond donors (Lipinski definition) is 2. The Hall–Kier alpha value is -4.19. The van der Waals surface area contributed by atoms with Crippen molar-refractivity contribution in [2.75, 3.05) is 18.2 Å². The second kappa shape index (κ2) is 7.44.